The Morgan fingerprint density at radius 2 is 1.56 bits per heavy atom. The molecule has 0 spiro atoms. The van der Waals surface area contributed by atoms with Crippen molar-refractivity contribution in [1.29, 1.82) is 0 Å². The van der Waals surface area contributed by atoms with Gasteiger partial charge in [-0.05, 0) is 45.5 Å². The summed E-state index contributed by atoms with van der Waals surface area (Å²) in [6.07, 6.45) is 0. The van der Waals surface area contributed by atoms with Crippen molar-refractivity contribution in [3.8, 4) is 0 Å². The number of nitrogens with two attached hydrogens (primary N) is 1. The molecule has 0 aliphatic heterocycles. The fourth-order valence-corrected chi connectivity index (χ4v) is 3.00. The van der Waals surface area contributed by atoms with Crippen molar-refractivity contribution in [3.05, 3.63) is 54.1 Å². The van der Waals surface area contributed by atoms with Crippen LogP contribution in [0.25, 0.3) is 32.3 Å². The molecule has 1 heteroatoms. The molecule has 4 aromatic rings. The van der Waals surface area contributed by atoms with Gasteiger partial charge in [-0.1, -0.05) is 42.5 Å². The molecular formula is C17H13N. The third-order valence-corrected chi connectivity index (χ3v) is 3.89. The Morgan fingerprint density at radius 3 is 2.44 bits per heavy atom. The molecule has 0 radical (unpaired) electrons. The predicted octanol–water partition coefficient (Wildman–Crippen LogP) is 4.47. The summed E-state index contributed by atoms with van der Waals surface area (Å²) in [6.45, 7) is 2.15. The number of benzene rings is 4. The van der Waals surface area contributed by atoms with Crippen molar-refractivity contribution in [1.82, 2.24) is 0 Å². The molecular weight excluding hydrogens is 218 g/mol. The Kier molecular flexibility index (Phi) is 1.69. The van der Waals surface area contributed by atoms with Crippen molar-refractivity contribution < 1.29 is 0 Å². The van der Waals surface area contributed by atoms with Gasteiger partial charge in [0.1, 0.15) is 0 Å². The standard InChI is InChI=1S/C17H13N/c1-10-5-7-14-15(18)9-12-4-2-3-11-6-8-13(10)17(14)16(11)12/h2-9H,18H2,1H3. The lowest BCUT2D eigenvalue weighted by molar-refractivity contribution is 1.55. The van der Waals surface area contributed by atoms with Crippen LogP contribution in [-0.4, -0.2) is 0 Å². The fourth-order valence-electron chi connectivity index (χ4n) is 3.00. The van der Waals surface area contributed by atoms with E-state index in [0.29, 0.717) is 0 Å². The Balaban J connectivity index is 2.49. The molecule has 0 aliphatic carbocycles. The molecule has 0 unspecified atom stereocenters. The van der Waals surface area contributed by atoms with Gasteiger partial charge in [0.05, 0.1) is 0 Å². The number of hydrogen-bond donors (Lipinski definition) is 1. The second-order valence-electron chi connectivity index (χ2n) is 4.96. The maximum Gasteiger partial charge on any atom is 0.0400 e. The number of aryl methyl sites for hydroxylation is 1. The lowest BCUT2D eigenvalue weighted by Crippen LogP contribution is -1.91. The minimum absolute atomic E-state index is 0.867. The predicted molar refractivity (Wildman–Crippen MR) is 79.3 cm³/mol. The van der Waals surface area contributed by atoms with E-state index < -0.39 is 0 Å². The van der Waals surface area contributed by atoms with Crippen LogP contribution in [-0.2, 0) is 0 Å². The van der Waals surface area contributed by atoms with Gasteiger partial charge in [0, 0.05) is 11.1 Å². The maximum absolute atomic E-state index is 6.19. The molecule has 0 aromatic heterocycles. The van der Waals surface area contributed by atoms with Gasteiger partial charge < -0.3 is 5.73 Å². The van der Waals surface area contributed by atoms with Crippen molar-refractivity contribution >= 4 is 38.0 Å². The summed E-state index contributed by atoms with van der Waals surface area (Å²) < 4.78 is 0. The fraction of sp³-hybridized carbons (Fsp3) is 0.0588. The summed E-state index contributed by atoms with van der Waals surface area (Å²) in [4.78, 5) is 0. The van der Waals surface area contributed by atoms with Crippen LogP contribution in [0.1, 0.15) is 5.56 Å². The first-order valence-corrected chi connectivity index (χ1v) is 6.18. The molecule has 0 bridgehead atoms. The molecule has 2 N–H and O–H groups in total. The van der Waals surface area contributed by atoms with Crippen LogP contribution in [0, 0.1) is 6.92 Å². The first-order chi connectivity index (χ1) is 8.75. The van der Waals surface area contributed by atoms with E-state index in [-0.39, 0.29) is 0 Å². The lowest BCUT2D eigenvalue weighted by Gasteiger charge is -2.13. The largest absolute Gasteiger partial charge is 0.398 e. The number of anilines is 1. The van der Waals surface area contributed by atoms with Crippen LogP contribution in [0.15, 0.2) is 48.5 Å². The minimum atomic E-state index is 0.867. The van der Waals surface area contributed by atoms with Gasteiger partial charge in [-0.25, -0.2) is 0 Å². The Morgan fingerprint density at radius 1 is 0.778 bits per heavy atom. The first kappa shape index (κ1) is 9.72. The normalized spacial score (nSPS) is 11.8. The van der Waals surface area contributed by atoms with Crippen LogP contribution in [0.4, 0.5) is 5.69 Å². The average molecular weight is 231 g/mol. The molecule has 0 aliphatic rings. The van der Waals surface area contributed by atoms with E-state index in [1.165, 1.54) is 37.9 Å². The van der Waals surface area contributed by atoms with Crippen LogP contribution < -0.4 is 5.73 Å². The van der Waals surface area contributed by atoms with E-state index in [1.807, 2.05) is 0 Å². The van der Waals surface area contributed by atoms with E-state index in [4.69, 9.17) is 5.73 Å². The zero-order valence-electron chi connectivity index (χ0n) is 10.2. The molecule has 0 atom stereocenters. The maximum atomic E-state index is 6.19. The highest BCUT2D eigenvalue weighted by atomic mass is 14.6. The van der Waals surface area contributed by atoms with Gasteiger partial charge in [-0.15, -0.1) is 0 Å². The van der Waals surface area contributed by atoms with E-state index in [1.54, 1.807) is 0 Å². The van der Waals surface area contributed by atoms with Gasteiger partial charge in [-0.3, -0.25) is 0 Å². The topological polar surface area (TPSA) is 26.0 Å². The monoisotopic (exact) mass is 231 g/mol. The molecule has 0 amide bonds. The van der Waals surface area contributed by atoms with Crippen molar-refractivity contribution in [2.24, 2.45) is 0 Å². The van der Waals surface area contributed by atoms with Crippen LogP contribution >= 0.6 is 0 Å². The Bertz CT molecular complexity index is 885. The molecule has 18 heavy (non-hydrogen) atoms. The zero-order chi connectivity index (χ0) is 12.3. The summed E-state index contributed by atoms with van der Waals surface area (Å²) in [5.74, 6) is 0. The zero-order valence-corrected chi connectivity index (χ0v) is 10.2. The van der Waals surface area contributed by atoms with Gasteiger partial charge >= 0.3 is 0 Å². The molecule has 1 nitrogen and oxygen atoms in total. The molecule has 4 rings (SSSR count). The molecule has 86 valence electrons. The lowest BCUT2D eigenvalue weighted by atomic mass is 9.91. The third kappa shape index (κ3) is 1.06. The van der Waals surface area contributed by atoms with E-state index in [2.05, 4.69) is 55.5 Å². The van der Waals surface area contributed by atoms with Crippen molar-refractivity contribution in [2.75, 3.05) is 5.73 Å². The number of hydrogen-bond acceptors (Lipinski definition) is 1. The van der Waals surface area contributed by atoms with Gasteiger partial charge in [-0.2, -0.15) is 0 Å². The number of nitrogen functional groups attached to an aromatic ring is 1. The summed E-state index contributed by atoms with van der Waals surface area (Å²) in [5, 5.41) is 7.64. The molecule has 0 saturated carbocycles. The molecule has 0 fully saturated rings. The van der Waals surface area contributed by atoms with Crippen molar-refractivity contribution in [2.45, 2.75) is 6.92 Å². The Hall–Kier alpha value is -2.28. The number of rotatable bonds is 0. The summed E-state index contributed by atoms with van der Waals surface area (Å²) >= 11 is 0. The third-order valence-electron chi connectivity index (χ3n) is 3.89. The smallest absolute Gasteiger partial charge is 0.0400 e. The van der Waals surface area contributed by atoms with E-state index in [0.717, 1.165) is 5.69 Å². The van der Waals surface area contributed by atoms with Crippen molar-refractivity contribution in [3.63, 3.8) is 0 Å². The highest BCUT2D eigenvalue weighted by Gasteiger charge is 2.11. The highest BCUT2D eigenvalue weighted by molar-refractivity contribution is 6.26. The molecule has 0 heterocycles. The summed E-state index contributed by atoms with van der Waals surface area (Å²) in [6, 6.07) is 17.2. The van der Waals surface area contributed by atoms with Gasteiger partial charge in [0.25, 0.3) is 0 Å². The molecule has 4 aromatic carbocycles. The van der Waals surface area contributed by atoms with Gasteiger partial charge in [0.2, 0.25) is 0 Å². The second kappa shape index (κ2) is 3.14. The van der Waals surface area contributed by atoms with E-state index >= 15 is 0 Å². The minimum Gasteiger partial charge on any atom is -0.398 e. The van der Waals surface area contributed by atoms with Crippen LogP contribution in [0.5, 0.6) is 0 Å². The quantitative estimate of drug-likeness (QED) is 0.350. The van der Waals surface area contributed by atoms with Crippen LogP contribution in [0.3, 0.4) is 0 Å². The van der Waals surface area contributed by atoms with Gasteiger partial charge in [0.15, 0.2) is 0 Å². The first-order valence-electron chi connectivity index (χ1n) is 6.18. The average Bonchev–Trinajstić information content (AvgIpc) is 2.38. The van der Waals surface area contributed by atoms with Crippen LogP contribution in [0.2, 0.25) is 0 Å². The second-order valence-corrected chi connectivity index (χ2v) is 4.96. The molecule has 0 saturated heterocycles. The summed E-state index contributed by atoms with van der Waals surface area (Å²) in [7, 11) is 0. The highest BCUT2D eigenvalue weighted by Crippen LogP contribution is 2.38. The van der Waals surface area contributed by atoms with E-state index in [9.17, 15) is 0 Å². The SMILES string of the molecule is Cc1ccc2c(N)cc3cccc4ccc1c2c43. The summed E-state index contributed by atoms with van der Waals surface area (Å²) in [5.41, 5.74) is 8.36. The Labute approximate surface area is 105 Å².